The van der Waals surface area contributed by atoms with Gasteiger partial charge in [-0.05, 0) is 48.9 Å². The maximum absolute atomic E-state index is 12.7. The quantitative estimate of drug-likeness (QED) is 0.287. The number of aryl methyl sites for hydroxylation is 1. The summed E-state index contributed by atoms with van der Waals surface area (Å²) in [5.74, 6) is -0.274. The first-order valence-electron chi connectivity index (χ1n) is 11.9. The molecule has 1 heterocycles. The highest BCUT2D eigenvalue weighted by Gasteiger charge is 2.51. The summed E-state index contributed by atoms with van der Waals surface area (Å²) < 4.78 is 5.55. The highest BCUT2D eigenvalue weighted by atomic mass is 16.5. The Kier molecular flexibility index (Phi) is 6.06. The third kappa shape index (κ3) is 4.47. The molecule has 1 saturated carbocycles. The Morgan fingerprint density at radius 1 is 0.917 bits per heavy atom. The minimum atomic E-state index is -0.755. The molecule has 1 aliphatic rings. The number of urea groups is 1. The van der Waals surface area contributed by atoms with Gasteiger partial charge in [0, 0.05) is 5.56 Å². The molecule has 7 heteroatoms. The first-order valence-corrected chi connectivity index (χ1v) is 11.9. The number of aliphatic carboxylic acids is 1. The third-order valence-corrected chi connectivity index (χ3v) is 6.83. The van der Waals surface area contributed by atoms with Crippen LogP contribution < -0.4 is 10.6 Å². The number of carboxylic acids is 1. The first-order chi connectivity index (χ1) is 17.4. The number of carboxylic acid groups (broad SMARTS) is 1. The molecular weight excluding hydrogens is 454 g/mol. The lowest BCUT2D eigenvalue weighted by atomic mass is 9.93. The molecule has 0 bridgehead atoms. The highest BCUT2D eigenvalue weighted by molar-refractivity contribution is 5.94. The van der Waals surface area contributed by atoms with E-state index in [1.807, 2.05) is 85.8 Å². The van der Waals surface area contributed by atoms with Gasteiger partial charge in [-0.2, -0.15) is 0 Å². The van der Waals surface area contributed by atoms with Gasteiger partial charge in [-0.25, -0.2) is 4.79 Å². The predicted molar refractivity (Wildman–Crippen MR) is 138 cm³/mol. The Balaban J connectivity index is 1.30. The molecule has 4 aromatic rings. The van der Waals surface area contributed by atoms with Crippen LogP contribution in [-0.4, -0.2) is 22.3 Å². The summed E-state index contributed by atoms with van der Waals surface area (Å²) in [5.41, 5.74) is 5.02. The van der Waals surface area contributed by atoms with Gasteiger partial charge in [0.25, 0.3) is 0 Å². The van der Waals surface area contributed by atoms with Gasteiger partial charge in [0.15, 0.2) is 5.76 Å². The molecule has 2 amide bonds. The van der Waals surface area contributed by atoms with Crippen LogP contribution in [0.3, 0.4) is 0 Å². The average Bonchev–Trinajstić information content (AvgIpc) is 3.64. The molecule has 1 fully saturated rings. The second-order valence-corrected chi connectivity index (χ2v) is 9.24. The van der Waals surface area contributed by atoms with E-state index in [4.69, 9.17) is 4.52 Å². The van der Waals surface area contributed by atoms with Crippen molar-refractivity contribution < 1.29 is 19.2 Å². The zero-order chi connectivity index (χ0) is 25.3. The van der Waals surface area contributed by atoms with Crippen molar-refractivity contribution in [1.82, 2.24) is 10.5 Å². The summed E-state index contributed by atoms with van der Waals surface area (Å²) in [6.07, 6.45) is 1.37. The molecule has 0 aliphatic heterocycles. The van der Waals surface area contributed by atoms with E-state index >= 15 is 0 Å². The first kappa shape index (κ1) is 23.4. The number of benzene rings is 3. The second kappa shape index (κ2) is 9.34. The number of carbonyl (C=O) groups is 2. The van der Waals surface area contributed by atoms with Crippen LogP contribution in [-0.2, 0) is 10.2 Å². The molecule has 5 rings (SSSR count). The van der Waals surface area contributed by atoms with E-state index in [1.54, 1.807) is 6.92 Å². The van der Waals surface area contributed by atoms with Gasteiger partial charge in [0.05, 0.1) is 11.5 Å². The zero-order valence-electron chi connectivity index (χ0n) is 20.1. The molecule has 1 aliphatic carbocycles. The minimum Gasteiger partial charge on any atom is -0.481 e. The van der Waals surface area contributed by atoms with Crippen LogP contribution in [0.1, 0.15) is 42.6 Å². The van der Waals surface area contributed by atoms with Gasteiger partial charge >= 0.3 is 12.0 Å². The largest absolute Gasteiger partial charge is 0.481 e. The maximum atomic E-state index is 12.7. The lowest BCUT2D eigenvalue weighted by molar-refractivity contribution is -0.140. The molecule has 0 saturated heterocycles. The Bertz CT molecular complexity index is 1390. The van der Waals surface area contributed by atoms with Crippen molar-refractivity contribution in [2.24, 2.45) is 0 Å². The molecule has 182 valence electrons. The standard InChI is InChI=1S/C29H27N3O4/c1-18(20-6-4-3-5-7-20)30-28(35)31-25-19(2)32-36-26(25)23-10-8-21(9-11-23)22-12-14-24(15-13-22)29(16-17-29)27(33)34/h3-15,18H,16-17H2,1-2H3,(H,33,34)(H2,30,31,35)/t18-/m1/s1. The highest BCUT2D eigenvalue weighted by Crippen LogP contribution is 2.48. The van der Waals surface area contributed by atoms with Crippen LogP contribution in [0.2, 0.25) is 0 Å². The second-order valence-electron chi connectivity index (χ2n) is 9.24. The van der Waals surface area contributed by atoms with Crippen LogP contribution in [0.4, 0.5) is 10.5 Å². The summed E-state index contributed by atoms with van der Waals surface area (Å²) in [5, 5.41) is 19.4. The SMILES string of the molecule is Cc1noc(-c2ccc(-c3ccc(C4(C(=O)O)CC4)cc3)cc2)c1NC(=O)N[C@H](C)c1ccccc1. The van der Waals surface area contributed by atoms with E-state index in [-0.39, 0.29) is 12.1 Å². The molecule has 1 aromatic heterocycles. The molecule has 36 heavy (non-hydrogen) atoms. The van der Waals surface area contributed by atoms with Crippen molar-refractivity contribution in [1.29, 1.82) is 0 Å². The van der Waals surface area contributed by atoms with E-state index in [9.17, 15) is 14.7 Å². The Morgan fingerprint density at radius 3 is 2.08 bits per heavy atom. The van der Waals surface area contributed by atoms with Crippen molar-refractivity contribution in [3.63, 3.8) is 0 Å². The number of amides is 2. The summed E-state index contributed by atoms with van der Waals surface area (Å²) in [6, 6.07) is 24.7. The van der Waals surface area contributed by atoms with Gasteiger partial charge in [-0.1, -0.05) is 84.0 Å². The van der Waals surface area contributed by atoms with E-state index in [2.05, 4.69) is 15.8 Å². The van der Waals surface area contributed by atoms with Crippen LogP contribution >= 0.6 is 0 Å². The maximum Gasteiger partial charge on any atom is 0.319 e. The van der Waals surface area contributed by atoms with Gasteiger partial charge in [-0.3, -0.25) is 4.79 Å². The van der Waals surface area contributed by atoms with Crippen molar-refractivity contribution >= 4 is 17.7 Å². The molecule has 0 unspecified atom stereocenters. The van der Waals surface area contributed by atoms with Crippen LogP contribution in [0.5, 0.6) is 0 Å². The molecule has 0 radical (unpaired) electrons. The number of anilines is 1. The van der Waals surface area contributed by atoms with Gasteiger partial charge in [0.2, 0.25) is 0 Å². The number of nitrogens with one attached hydrogen (secondary N) is 2. The number of nitrogens with zero attached hydrogens (tertiary/aromatic N) is 1. The average molecular weight is 482 g/mol. The van der Waals surface area contributed by atoms with E-state index < -0.39 is 11.4 Å². The van der Waals surface area contributed by atoms with Crippen LogP contribution in [0.15, 0.2) is 83.4 Å². The zero-order valence-corrected chi connectivity index (χ0v) is 20.1. The van der Waals surface area contributed by atoms with Crippen LogP contribution in [0, 0.1) is 6.92 Å². The molecule has 3 aromatic carbocycles. The van der Waals surface area contributed by atoms with Crippen LogP contribution in [0.25, 0.3) is 22.5 Å². The van der Waals surface area contributed by atoms with Gasteiger partial charge < -0.3 is 20.3 Å². The van der Waals surface area contributed by atoms with E-state index in [0.29, 0.717) is 30.0 Å². The number of carbonyl (C=O) groups excluding carboxylic acids is 1. The normalized spacial score (nSPS) is 14.6. The smallest absolute Gasteiger partial charge is 0.319 e. The monoisotopic (exact) mass is 481 g/mol. The Morgan fingerprint density at radius 2 is 1.50 bits per heavy atom. The molecule has 7 nitrogen and oxygen atoms in total. The lowest BCUT2D eigenvalue weighted by Gasteiger charge is -2.15. The number of hydrogen-bond donors (Lipinski definition) is 3. The molecule has 3 N–H and O–H groups in total. The summed E-state index contributed by atoms with van der Waals surface area (Å²) in [4.78, 5) is 24.3. The topological polar surface area (TPSA) is 104 Å². The fourth-order valence-electron chi connectivity index (χ4n) is 4.43. The van der Waals surface area contributed by atoms with Gasteiger partial charge in [-0.15, -0.1) is 0 Å². The van der Waals surface area contributed by atoms with Crippen molar-refractivity contribution in [3.05, 3.63) is 95.7 Å². The summed E-state index contributed by atoms with van der Waals surface area (Å²) >= 11 is 0. The Hall–Kier alpha value is -4.39. The molecule has 1 atom stereocenters. The predicted octanol–water partition coefficient (Wildman–Crippen LogP) is 6.32. The third-order valence-electron chi connectivity index (χ3n) is 6.83. The lowest BCUT2D eigenvalue weighted by Crippen LogP contribution is -2.31. The minimum absolute atomic E-state index is 0.161. The molecule has 0 spiro atoms. The fourth-order valence-corrected chi connectivity index (χ4v) is 4.43. The van der Waals surface area contributed by atoms with E-state index in [1.165, 1.54) is 0 Å². The Labute approximate surface area is 209 Å². The van der Waals surface area contributed by atoms with E-state index in [0.717, 1.165) is 27.8 Å². The molecular formula is C29H27N3O4. The summed E-state index contributed by atoms with van der Waals surface area (Å²) in [7, 11) is 0. The van der Waals surface area contributed by atoms with Crippen molar-refractivity contribution in [3.8, 4) is 22.5 Å². The fraction of sp³-hybridized carbons (Fsp3) is 0.207. The number of aromatic nitrogens is 1. The van der Waals surface area contributed by atoms with Crippen molar-refractivity contribution in [2.75, 3.05) is 5.32 Å². The summed E-state index contributed by atoms with van der Waals surface area (Å²) in [6.45, 7) is 3.70. The van der Waals surface area contributed by atoms with Crippen molar-refractivity contribution in [2.45, 2.75) is 38.1 Å². The number of hydrogen-bond acceptors (Lipinski definition) is 4. The van der Waals surface area contributed by atoms with Gasteiger partial charge in [0.1, 0.15) is 11.4 Å². The number of rotatable bonds is 7.